The van der Waals surface area contributed by atoms with Gasteiger partial charge < -0.3 is 9.52 Å². The highest BCUT2D eigenvalue weighted by Gasteiger charge is 2.36. The van der Waals surface area contributed by atoms with Crippen LogP contribution < -0.4 is 0 Å². The van der Waals surface area contributed by atoms with E-state index >= 15 is 0 Å². The summed E-state index contributed by atoms with van der Waals surface area (Å²) in [6, 6.07) is 4.22. The fourth-order valence-corrected chi connectivity index (χ4v) is 3.58. The molecule has 108 valence electrons. The standard InChI is InChI=1S/C15H20N2O2S/c1-15(2,18)13-6-3-7-17(13)10-14-16-9-11(19-14)12-5-4-8-20-12/h4-5,8-9,13,18H,3,6-7,10H2,1-2H3. The zero-order chi connectivity index (χ0) is 14.2. The molecule has 2 aromatic heterocycles. The Morgan fingerprint density at radius 3 is 3.10 bits per heavy atom. The Labute approximate surface area is 123 Å². The molecule has 1 aliphatic heterocycles. The summed E-state index contributed by atoms with van der Waals surface area (Å²) in [6.45, 7) is 5.41. The molecular weight excluding hydrogens is 272 g/mol. The van der Waals surface area contributed by atoms with E-state index in [1.807, 2.05) is 31.4 Å². The molecule has 0 saturated carbocycles. The average molecular weight is 292 g/mol. The minimum absolute atomic E-state index is 0.180. The predicted octanol–water partition coefficient (Wildman–Crippen LogP) is 3.14. The van der Waals surface area contributed by atoms with Gasteiger partial charge in [-0.05, 0) is 44.7 Å². The van der Waals surface area contributed by atoms with E-state index in [1.165, 1.54) is 0 Å². The summed E-state index contributed by atoms with van der Waals surface area (Å²) in [5.41, 5.74) is -0.681. The van der Waals surface area contributed by atoms with E-state index in [0.717, 1.165) is 35.9 Å². The minimum atomic E-state index is -0.681. The van der Waals surface area contributed by atoms with Gasteiger partial charge in [0.25, 0.3) is 0 Å². The largest absolute Gasteiger partial charge is 0.438 e. The molecule has 0 spiro atoms. The molecule has 1 N–H and O–H groups in total. The number of hydrogen-bond acceptors (Lipinski definition) is 5. The van der Waals surface area contributed by atoms with Gasteiger partial charge in [0, 0.05) is 6.04 Å². The number of oxazole rings is 1. The molecule has 1 unspecified atom stereocenters. The maximum absolute atomic E-state index is 10.2. The summed E-state index contributed by atoms with van der Waals surface area (Å²) in [5.74, 6) is 1.55. The summed E-state index contributed by atoms with van der Waals surface area (Å²) in [7, 11) is 0. The van der Waals surface area contributed by atoms with Crippen molar-refractivity contribution < 1.29 is 9.52 Å². The second-order valence-corrected chi connectivity index (χ2v) is 6.83. The lowest BCUT2D eigenvalue weighted by Gasteiger charge is -2.32. The van der Waals surface area contributed by atoms with Crippen molar-refractivity contribution in [2.24, 2.45) is 0 Å². The molecule has 0 aliphatic carbocycles. The third-order valence-electron chi connectivity index (χ3n) is 3.84. The van der Waals surface area contributed by atoms with Crippen molar-refractivity contribution in [1.29, 1.82) is 0 Å². The molecule has 4 nitrogen and oxygen atoms in total. The van der Waals surface area contributed by atoms with Gasteiger partial charge in [0.2, 0.25) is 5.89 Å². The van der Waals surface area contributed by atoms with Gasteiger partial charge in [0.1, 0.15) is 0 Å². The van der Waals surface area contributed by atoms with Crippen LogP contribution in [0.4, 0.5) is 0 Å². The third kappa shape index (κ3) is 2.80. The Kier molecular flexibility index (Phi) is 3.67. The van der Waals surface area contributed by atoms with Crippen LogP contribution in [0.3, 0.4) is 0 Å². The fourth-order valence-electron chi connectivity index (χ4n) is 2.91. The number of aromatic nitrogens is 1. The Morgan fingerprint density at radius 1 is 1.55 bits per heavy atom. The van der Waals surface area contributed by atoms with Crippen LogP contribution in [0.25, 0.3) is 10.6 Å². The van der Waals surface area contributed by atoms with Crippen molar-refractivity contribution in [3.63, 3.8) is 0 Å². The van der Waals surface area contributed by atoms with Gasteiger partial charge >= 0.3 is 0 Å². The van der Waals surface area contributed by atoms with Crippen molar-refractivity contribution in [1.82, 2.24) is 9.88 Å². The highest BCUT2D eigenvalue weighted by molar-refractivity contribution is 7.13. The molecule has 0 aromatic carbocycles. The van der Waals surface area contributed by atoms with E-state index in [0.29, 0.717) is 6.54 Å². The summed E-state index contributed by atoms with van der Waals surface area (Å²) < 4.78 is 5.83. The molecule has 1 saturated heterocycles. The molecule has 20 heavy (non-hydrogen) atoms. The molecule has 1 aliphatic rings. The summed E-state index contributed by atoms with van der Waals surface area (Å²) in [4.78, 5) is 7.74. The molecule has 1 fully saturated rings. The topological polar surface area (TPSA) is 49.5 Å². The first kappa shape index (κ1) is 13.8. The average Bonchev–Trinajstić information content (AvgIpc) is 3.08. The second kappa shape index (κ2) is 5.31. The van der Waals surface area contributed by atoms with Crippen LogP contribution in [0.2, 0.25) is 0 Å². The Morgan fingerprint density at radius 2 is 2.40 bits per heavy atom. The lowest BCUT2D eigenvalue weighted by atomic mass is 9.97. The van der Waals surface area contributed by atoms with Gasteiger partial charge in [0.15, 0.2) is 5.76 Å². The first-order valence-corrected chi connectivity index (χ1v) is 7.87. The minimum Gasteiger partial charge on any atom is -0.438 e. The maximum atomic E-state index is 10.2. The van der Waals surface area contributed by atoms with E-state index in [2.05, 4.69) is 9.88 Å². The molecule has 2 aromatic rings. The summed E-state index contributed by atoms with van der Waals surface area (Å²) >= 11 is 1.65. The molecular formula is C15H20N2O2S. The van der Waals surface area contributed by atoms with Crippen LogP contribution in [0.1, 0.15) is 32.6 Å². The number of aliphatic hydroxyl groups is 1. The number of nitrogens with zero attached hydrogens (tertiary/aromatic N) is 2. The zero-order valence-electron chi connectivity index (χ0n) is 11.9. The number of rotatable bonds is 4. The van der Waals surface area contributed by atoms with Crippen LogP contribution in [0.15, 0.2) is 28.1 Å². The van der Waals surface area contributed by atoms with Gasteiger partial charge in [-0.2, -0.15) is 0 Å². The molecule has 5 heteroatoms. The van der Waals surface area contributed by atoms with Crippen LogP contribution in [0.5, 0.6) is 0 Å². The molecule has 3 rings (SSSR count). The van der Waals surface area contributed by atoms with E-state index in [4.69, 9.17) is 4.42 Å². The molecule has 0 radical (unpaired) electrons. The van der Waals surface area contributed by atoms with Crippen molar-refractivity contribution >= 4 is 11.3 Å². The highest BCUT2D eigenvalue weighted by atomic mass is 32.1. The highest BCUT2D eigenvalue weighted by Crippen LogP contribution is 2.30. The van der Waals surface area contributed by atoms with Crippen LogP contribution in [-0.2, 0) is 6.54 Å². The summed E-state index contributed by atoms with van der Waals surface area (Å²) in [6.07, 6.45) is 3.94. The van der Waals surface area contributed by atoms with Gasteiger partial charge in [-0.3, -0.25) is 4.90 Å². The Balaban J connectivity index is 1.72. The number of likely N-dealkylation sites (tertiary alicyclic amines) is 1. The molecule has 3 heterocycles. The monoisotopic (exact) mass is 292 g/mol. The van der Waals surface area contributed by atoms with E-state index in [-0.39, 0.29) is 6.04 Å². The quantitative estimate of drug-likeness (QED) is 0.940. The normalized spacial score (nSPS) is 20.6. The number of hydrogen-bond donors (Lipinski definition) is 1. The van der Waals surface area contributed by atoms with Crippen LogP contribution in [-0.4, -0.2) is 33.2 Å². The van der Waals surface area contributed by atoms with Gasteiger partial charge in [0.05, 0.1) is 23.2 Å². The van der Waals surface area contributed by atoms with Gasteiger partial charge in [-0.25, -0.2) is 4.98 Å². The fraction of sp³-hybridized carbons (Fsp3) is 0.533. The SMILES string of the molecule is CC(C)(O)C1CCCN1Cc1ncc(-c2cccs2)o1. The lowest BCUT2D eigenvalue weighted by Crippen LogP contribution is -2.45. The van der Waals surface area contributed by atoms with E-state index in [1.54, 1.807) is 17.5 Å². The number of thiophene rings is 1. The lowest BCUT2D eigenvalue weighted by molar-refractivity contribution is -0.00721. The Hall–Kier alpha value is -1.17. The molecule has 0 amide bonds. The van der Waals surface area contributed by atoms with E-state index in [9.17, 15) is 5.11 Å². The zero-order valence-corrected chi connectivity index (χ0v) is 12.7. The van der Waals surface area contributed by atoms with Crippen molar-refractivity contribution in [3.05, 3.63) is 29.6 Å². The summed E-state index contributed by atoms with van der Waals surface area (Å²) in [5, 5.41) is 12.3. The molecule has 1 atom stereocenters. The van der Waals surface area contributed by atoms with Crippen LogP contribution >= 0.6 is 11.3 Å². The third-order valence-corrected chi connectivity index (χ3v) is 4.72. The first-order chi connectivity index (χ1) is 9.54. The predicted molar refractivity (Wildman–Crippen MR) is 79.5 cm³/mol. The second-order valence-electron chi connectivity index (χ2n) is 5.88. The van der Waals surface area contributed by atoms with Gasteiger partial charge in [-0.15, -0.1) is 11.3 Å². The van der Waals surface area contributed by atoms with Gasteiger partial charge in [-0.1, -0.05) is 6.07 Å². The smallest absolute Gasteiger partial charge is 0.209 e. The van der Waals surface area contributed by atoms with Crippen LogP contribution in [0, 0.1) is 0 Å². The molecule has 0 bridgehead atoms. The van der Waals surface area contributed by atoms with E-state index < -0.39 is 5.60 Å². The van der Waals surface area contributed by atoms with Crippen molar-refractivity contribution in [2.75, 3.05) is 6.54 Å². The maximum Gasteiger partial charge on any atom is 0.209 e. The van der Waals surface area contributed by atoms with Crippen molar-refractivity contribution in [2.45, 2.75) is 44.9 Å². The Bertz CT molecular complexity index is 557. The first-order valence-electron chi connectivity index (χ1n) is 6.99. The van der Waals surface area contributed by atoms with Crippen molar-refractivity contribution in [3.8, 4) is 10.6 Å².